The number of amides is 1. The molecule has 0 bridgehead atoms. The number of aryl methyl sites for hydroxylation is 1. The molecule has 1 aromatic heterocycles. The SMILES string of the molecule is Cc1cc(Br)ccc1NC(=O)CN(C)Cc1cccc2cccnc12. The number of fused-ring (bicyclic) bond motifs is 1. The van der Waals surface area contributed by atoms with Gasteiger partial charge >= 0.3 is 0 Å². The third-order valence-corrected chi connectivity index (χ3v) is 4.53. The summed E-state index contributed by atoms with van der Waals surface area (Å²) in [7, 11) is 1.94. The highest BCUT2D eigenvalue weighted by Gasteiger charge is 2.11. The summed E-state index contributed by atoms with van der Waals surface area (Å²) in [6, 6.07) is 15.9. The molecule has 0 atom stereocenters. The predicted molar refractivity (Wildman–Crippen MR) is 106 cm³/mol. The van der Waals surface area contributed by atoms with Gasteiger partial charge in [-0.25, -0.2) is 0 Å². The lowest BCUT2D eigenvalue weighted by Gasteiger charge is -2.18. The standard InChI is InChI=1S/C20H20BrN3O/c1-14-11-17(21)8-9-18(14)23-19(25)13-24(2)12-16-6-3-5-15-7-4-10-22-20(15)16/h3-11H,12-13H2,1-2H3,(H,23,25). The lowest BCUT2D eigenvalue weighted by Crippen LogP contribution is -2.30. The summed E-state index contributed by atoms with van der Waals surface area (Å²) in [5, 5.41) is 4.09. The fourth-order valence-corrected chi connectivity index (χ4v) is 3.32. The number of aromatic nitrogens is 1. The van der Waals surface area contributed by atoms with E-state index in [9.17, 15) is 4.79 Å². The number of anilines is 1. The Kier molecular flexibility index (Phi) is 5.46. The molecule has 128 valence electrons. The van der Waals surface area contributed by atoms with Gasteiger partial charge in [0.1, 0.15) is 0 Å². The molecule has 0 aliphatic carbocycles. The van der Waals surface area contributed by atoms with Crippen LogP contribution in [-0.2, 0) is 11.3 Å². The lowest BCUT2D eigenvalue weighted by atomic mass is 10.1. The maximum absolute atomic E-state index is 12.3. The van der Waals surface area contributed by atoms with E-state index in [4.69, 9.17) is 0 Å². The number of benzene rings is 2. The highest BCUT2D eigenvalue weighted by atomic mass is 79.9. The number of carbonyl (C=O) groups is 1. The number of nitrogens with one attached hydrogen (secondary N) is 1. The van der Waals surface area contributed by atoms with Crippen LogP contribution in [0.2, 0.25) is 0 Å². The zero-order valence-electron chi connectivity index (χ0n) is 14.3. The van der Waals surface area contributed by atoms with Gasteiger partial charge in [0.2, 0.25) is 5.91 Å². The van der Waals surface area contributed by atoms with Gasteiger partial charge in [0, 0.05) is 28.3 Å². The molecule has 1 amide bonds. The third-order valence-electron chi connectivity index (χ3n) is 4.03. The summed E-state index contributed by atoms with van der Waals surface area (Å²) in [6.45, 7) is 2.96. The Morgan fingerprint density at radius 3 is 2.80 bits per heavy atom. The van der Waals surface area contributed by atoms with Crippen molar-refractivity contribution in [3.05, 3.63) is 70.3 Å². The summed E-state index contributed by atoms with van der Waals surface area (Å²) in [4.78, 5) is 18.8. The number of pyridine rings is 1. The zero-order chi connectivity index (χ0) is 17.8. The second kappa shape index (κ2) is 7.76. The van der Waals surface area contributed by atoms with Crippen molar-refractivity contribution in [1.29, 1.82) is 0 Å². The van der Waals surface area contributed by atoms with Crippen molar-refractivity contribution in [2.75, 3.05) is 18.9 Å². The molecule has 0 unspecified atom stereocenters. The molecular formula is C20H20BrN3O. The number of likely N-dealkylation sites (N-methyl/N-ethyl adjacent to an activating group) is 1. The molecule has 3 rings (SSSR count). The van der Waals surface area contributed by atoms with Crippen LogP contribution in [0.5, 0.6) is 0 Å². The Labute approximate surface area is 156 Å². The molecule has 0 aliphatic heterocycles. The Hall–Kier alpha value is -2.24. The van der Waals surface area contributed by atoms with Crippen LogP contribution in [0.15, 0.2) is 59.2 Å². The summed E-state index contributed by atoms with van der Waals surface area (Å²) in [5.74, 6) is -0.0267. The van der Waals surface area contributed by atoms with E-state index < -0.39 is 0 Å². The van der Waals surface area contributed by atoms with Crippen LogP contribution >= 0.6 is 15.9 Å². The summed E-state index contributed by atoms with van der Waals surface area (Å²) in [6.07, 6.45) is 1.80. The van der Waals surface area contributed by atoms with Gasteiger partial charge in [-0.1, -0.05) is 40.2 Å². The van der Waals surface area contributed by atoms with Crippen molar-refractivity contribution in [3.63, 3.8) is 0 Å². The molecule has 25 heavy (non-hydrogen) atoms. The maximum atomic E-state index is 12.3. The molecule has 2 aromatic carbocycles. The smallest absolute Gasteiger partial charge is 0.238 e. The van der Waals surface area contributed by atoms with Gasteiger partial charge in [0.25, 0.3) is 0 Å². The fraction of sp³-hybridized carbons (Fsp3) is 0.200. The number of hydrogen-bond donors (Lipinski definition) is 1. The first-order valence-corrected chi connectivity index (χ1v) is 8.89. The number of halogens is 1. The molecule has 1 N–H and O–H groups in total. The first kappa shape index (κ1) is 17.6. The van der Waals surface area contributed by atoms with E-state index in [1.54, 1.807) is 6.20 Å². The third kappa shape index (κ3) is 4.44. The maximum Gasteiger partial charge on any atom is 0.238 e. The van der Waals surface area contributed by atoms with E-state index in [-0.39, 0.29) is 5.91 Å². The predicted octanol–water partition coefficient (Wildman–Crippen LogP) is 4.38. The van der Waals surface area contributed by atoms with Crippen LogP contribution in [0.3, 0.4) is 0 Å². The van der Waals surface area contributed by atoms with E-state index >= 15 is 0 Å². The Bertz CT molecular complexity index is 905. The van der Waals surface area contributed by atoms with Crippen LogP contribution in [0.4, 0.5) is 5.69 Å². The summed E-state index contributed by atoms with van der Waals surface area (Å²) in [5.41, 5.74) is 3.98. The largest absolute Gasteiger partial charge is 0.325 e. The van der Waals surface area contributed by atoms with Gasteiger partial charge in [-0.15, -0.1) is 0 Å². The second-order valence-electron chi connectivity index (χ2n) is 6.17. The topological polar surface area (TPSA) is 45.2 Å². The average Bonchev–Trinajstić information content (AvgIpc) is 2.57. The molecule has 0 spiro atoms. The minimum Gasteiger partial charge on any atom is -0.325 e. The number of rotatable bonds is 5. The molecule has 1 heterocycles. The first-order valence-electron chi connectivity index (χ1n) is 8.10. The van der Waals surface area contributed by atoms with Gasteiger partial charge in [0.15, 0.2) is 0 Å². The van der Waals surface area contributed by atoms with E-state index in [1.807, 2.05) is 49.2 Å². The average molecular weight is 398 g/mol. The summed E-state index contributed by atoms with van der Waals surface area (Å²) >= 11 is 3.43. The van der Waals surface area contributed by atoms with Gasteiger partial charge in [-0.05, 0) is 49.4 Å². The van der Waals surface area contributed by atoms with Gasteiger partial charge in [0.05, 0.1) is 12.1 Å². The molecule has 0 radical (unpaired) electrons. The van der Waals surface area contributed by atoms with Gasteiger partial charge in [-0.2, -0.15) is 0 Å². The summed E-state index contributed by atoms with van der Waals surface area (Å²) < 4.78 is 1.00. The first-order chi connectivity index (χ1) is 12.0. The monoisotopic (exact) mass is 397 g/mol. The second-order valence-corrected chi connectivity index (χ2v) is 7.09. The highest BCUT2D eigenvalue weighted by molar-refractivity contribution is 9.10. The Morgan fingerprint density at radius 2 is 2.00 bits per heavy atom. The Morgan fingerprint density at radius 1 is 1.20 bits per heavy atom. The van der Waals surface area contributed by atoms with Crippen LogP contribution in [0, 0.1) is 6.92 Å². The van der Waals surface area contributed by atoms with E-state index in [0.717, 1.165) is 32.2 Å². The van der Waals surface area contributed by atoms with Crippen LogP contribution in [0.25, 0.3) is 10.9 Å². The molecular weight excluding hydrogens is 378 g/mol. The van der Waals surface area contributed by atoms with E-state index in [1.165, 1.54) is 0 Å². The molecule has 0 saturated carbocycles. The fourth-order valence-electron chi connectivity index (χ4n) is 2.84. The van der Waals surface area contributed by atoms with Crippen LogP contribution < -0.4 is 5.32 Å². The van der Waals surface area contributed by atoms with Crippen LogP contribution in [-0.4, -0.2) is 29.4 Å². The Balaban J connectivity index is 1.65. The van der Waals surface area contributed by atoms with E-state index in [2.05, 4.69) is 44.4 Å². The number of hydrogen-bond acceptors (Lipinski definition) is 3. The van der Waals surface area contributed by atoms with Crippen molar-refractivity contribution in [2.45, 2.75) is 13.5 Å². The molecule has 0 saturated heterocycles. The number of para-hydroxylation sites is 1. The molecule has 0 aliphatic rings. The van der Waals surface area contributed by atoms with Crippen molar-refractivity contribution in [1.82, 2.24) is 9.88 Å². The van der Waals surface area contributed by atoms with Gasteiger partial charge in [-0.3, -0.25) is 14.7 Å². The minimum absolute atomic E-state index is 0.0267. The van der Waals surface area contributed by atoms with Crippen molar-refractivity contribution < 1.29 is 4.79 Å². The number of carbonyl (C=O) groups excluding carboxylic acids is 1. The van der Waals surface area contributed by atoms with Crippen molar-refractivity contribution in [2.24, 2.45) is 0 Å². The molecule has 3 aromatic rings. The highest BCUT2D eigenvalue weighted by Crippen LogP contribution is 2.20. The quantitative estimate of drug-likeness (QED) is 0.694. The van der Waals surface area contributed by atoms with Gasteiger partial charge < -0.3 is 5.32 Å². The van der Waals surface area contributed by atoms with E-state index in [0.29, 0.717) is 13.1 Å². The van der Waals surface area contributed by atoms with Crippen LogP contribution in [0.1, 0.15) is 11.1 Å². The minimum atomic E-state index is -0.0267. The molecule has 0 fully saturated rings. The molecule has 4 nitrogen and oxygen atoms in total. The molecule has 5 heteroatoms. The number of nitrogens with zero attached hydrogens (tertiary/aromatic N) is 2. The zero-order valence-corrected chi connectivity index (χ0v) is 15.9. The van der Waals surface area contributed by atoms with Crippen molar-refractivity contribution >= 4 is 38.4 Å². The lowest BCUT2D eigenvalue weighted by molar-refractivity contribution is -0.117. The van der Waals surface area contributed by atoms with Crippen molar-refractivity contribution in [3.8, 4) is 0 Å². The normalized spacial score (nSPS) is 11.0.